The standard InChI is InChI=1S/C20H29NO5S/c1-4-25-20(24)18-13(2)14(3)27-19(18)21-16(22)12-26-17(23)11-10-15-8-6-5-7-9-15/h15H,4-12H2,1-3H3,(H,21,22). The molecule has 1 heterocycles. The summed E-state index contributed by atoms with van der Waals surface area (Å²) in [6.45, 7) is 5.35. The SMILES string of the molecule is CCOC(=O)c1c(NC(=O)COC(=O)CCC2CCCCC2)sc(C)c1C. The number of anilines is 1. The molecule has 0 saturated heterocycles. The Morgan fingerprint density at radius 1 is 1.11 bits per heavy atom. The van der Waals surface area contributed by atoms with E-state index in [1.807, 2.05) is 13.8 Å². The van der Waals surface area contributed by atoms with Crippen molar-refractivity contribution >= 4 is 34.2 Å². The van der Waals surface area contributed by atoms with E-state index in [0.717, 1.165) is 16.9 Å². The van der Waals surface area contributed by atoms with Crippen molar-refractivity contribution in [1.29, 1.82) is 0 Å². The van der Waals surface area contributed by atoms with Gasteiger partial charge in [0.25, 0.3) is 5.91 Å². The second-order valence-corrected chi connectivity index (χ2v) is 8.18. The average molecular weight is 396 g/mol. The Balaban J connectivity index is 1.82. The molecule has 1 aromatic heterocycles. The van der Waals surface area contributed by atoms with Crippen molar-refractivity contribution in [3.05, 3.63) is 16.0 Å². The van der Waals surface area contributed by atoms with Crippen LogP contribution in [0.25, 0.3) is 0 Å². The van der Waals surface area contributed by atoms with E-state index >= 15 is 0 Å². The largest absolute Gasteiger partial charge is 0.462 e. The molecule has 0 bridgehead atoms. The van der Waals surface area contributed by atoms with Gasteiger partial charge in [0, 0.05) is 11.3 Å². The van der Waals surface area contributed by atoms with Crippen LogP contribution >= 0.6 is 11.3 Å². The van der Waals surface area contributed by atoms with Crippen LogP contribution in [0, 0.1) is 19.8 Å². The molecule has 0 radical (unpaired) electrons. The number of carbonyl (C=O) groups is 3. The summed E-state index contributed by atoms with van der Waals surface area (Å²) in [7, 11) is 0. The number of rotatable bonds is 8. The lowest BCUT2D eigenvalue weighted by Gasteiger charge is -2.20. The lowest BCUT2D eigenvalue weighted by molar-refractivity contribution is -0.147. The molecule has 1 aliphatic rings. The number of carbonyl (C=O) groups excluding carboxylic acids is 3. The van der Waals surface area contributed by atoms with Crippen LogP contribution in [-0.4, -0.2) is 31.1 Å². The van der Waals surface area contributed by atoms with Crippen LogP contribution in [0.1, 0.15) is 72.7 Å². The number of hydrogen-bond acceptors (Lipinski definition) is 6. The van der Waals surface area contributed by atoms with Gasteiger partial charge in [0.1, 0.15) is 5.00 Å². The summed E-state index contributed by atoms with van der Waals surface area (Å²) in [6, 6.07) is 0. The van der Waals surface area contributed by atoms with E-state index in [-0.39, 0.29) is 19.2 Å². The predicted molar refractivity (Wildman–Crippen MR) is 105 cm³/mol. The number of hydrogen-bond donors (Lipinski definition) is 1. The van der Waals surface area contributed by atoms with Gasteiger partial charge in [0.15, 0.2) is 6.61 Å². The fourth-order valence-corrected chi connectivity index (χ4v) is 4.41. The molecule has 27 heavy (non-hydrogen) atoms. The van der Waals surface area contributed by atoms with Crippen molar-refractivity contribution < 1.29 is 23.9 Å². The summed E-state index contributed by atoms with van der Waals surface area (Å²) in [5.74, 6) is -0.656. The van der Waals surface area contributed by atoms with Crippen molar-refractivity contribution in [3.8, 4) is 0 Å². The molecule has 150 valence electrons. The molecule has 1 saturated carbocycles. The lowest BCUT2D eigenvalue weighted by atomic mass is 9.86. The molecule has 0 aromatic carbocycles. The second kappa shape index (κ2) is 10.4. The van der Waals surface area contributed by atoms with E-state index in [2.05, 4.69) is 5.32 Å². The molecule has 1 fully saturated rings. The Morgan fingerprint density at radius 2 is 1.81 bits per heavy atom. The number of amides is 1. The first-order chi connectivity index (χ1) is 12.9. The Bertz CT molecular complexity index is 676. The molecule has 2 rings (SSSR count). The van der Waals surface area contributed by atoms with E-state index < -0.39 is 11.9 Å². The third-order valence-corrected chi connectivity index (χ3v) is 6.09. The van der Waals surface area contributed by atoms with Gasteiger partial charge in [-0.25, -0.2) is 4.79 Å². The van der Waals surface area contributed by atoms with Crippen molar-refractivity contribution in [2.75, 3.05) is 18.5 Å². The fourth-order valence-electron chi connectivity index (χ4n) is 3.34. The molecule has 7 heteroatoms. The minimum atomic E-state index is -0.459. The van der Waals surface area contributed by atoms with Crippen LogP contribution in [-0.2, 0) is 19.1 Å². The van der Waals surface area contributed by atoms with Crippen LogP contribution in [0.5, 0.6) is 0 Å². The maximum absolute atomic E-state index is 12.1. The zero-order valence-electron chi connectivity index (χ0n) is 16.4. The number of aryl methyl sites for hydroxylation is 1. The Kier molecular flexibility index (Phi) is 8.28. The first-order valence-electron chi connectivity index (χ1n) is 9.65. The first kappa shape index (κ1) is 21.4. The summed E-state index contributed by atoms with van der Waals surface area (Å²) >= 11 is 1.31. The van der Waals surface area contributed by atoms with Gasteiger partial charge in [-0.05, 0) is 38.7 Å². The van der Waals surface area contributed by atoms with Crippen LogP contribution in [0.15, 0.2) is 0 Å². The number of thiophene rings is 1. The summed E-state index contributed by atoms with van der Waals surface area (Å²) < 4.78 is 10.2. The maximum atomic E-state index is 12.1. The van der Waals surface area contributed by atoms with Crippen molar-refractivity contribution in [1.82, 2.24) is 0 Å². The van der Waals surface area contributed by atoms with Gasteiger partial charge in [-0.3, -0.25) is 9.59 Å². The van der Waals surface area contributed by atoms with Crippen molar-refractivity contribution in [2.45, 2.75) is 65.7 Å². The Morgan fingerprint density at radius 3 is 2.48 bits per heavy atom. The number of esters is 2. The number of ether oxygens (including phenoxy) is 2. The summed E-state index contributed by atoms with van der Waals surface area (Å²) in [5, 5.41) is 3.11. The van der Waals surface area contributed by atoms with E-state index in [9.17, 15) is 14.4 Å². The van der Waals surface area contributed by atoms with Gasteiger partial charge < -0.3 is 14.8 Å². The monoisotopic (exact) mass is 395 g/mol. The zero-order valence-corrected chi connectivity index (χ0v) is 17.2. The van der Waals surface area contributed by atoms with Gasteiger partial charge in [-0.1, -0.05) is 32.1 Å². The molecule has 1 N–H and O–H groups in total. The first-order valence-corrected chi connectivity index (χ1v) is 10.5. The molecule has 1 aliphatic carbocycles. The van der Waals surface area contributed by atoms with Crippen LogP contribution in [0.4, 0.5) is 5.00 Å². The van der Waals surface area contributed by atoms with Gasteiger partial charge in [0.05, 0.1) is 12.2 Å². The van der Waals surface area contributed by atoms with E-state index in [4.69, 9.17) is 9.47 Å². The van der Waals surface area contributed by atoms with E-state index in [1.165, 1.54) is 43.4 Å². The van der Waals surface area contributed by atoms with E-state index in [1.54, 1.807) is 6.92 Å². The summed E-state index contributed by atoms with van der Waals surface area (Å²) in [6.07, 6.45) is 7.31. The molecule has 0 atom stereocenters. The summed E-state index contributed by atoms with van der Waals surface area (Å²) in [5.41, 5.74) is 1.16. The van der Waals surface area contributed by atoms with Gasteiger partial charge >= 0.3 is 11.9 Å². The highest BCUT2D eigenvalue weighted by atomic mass is 32.1. The quantitative estimate of drug-likeness (QED) is 0.661. The third-order valence-electron chi connectivity index (χ3n) is 4.96. The highest BCUT2D eigenvalue weighted by Gasteiger charge is 2.22. The molecule has 1 aromatic rings. The molecule has 0 unspecified atom stereocenters. The topological polar surface area (TPSA) is 81.7 Å². The highest BCUT2D eigenvalue weighted by molar-refractivity contribution is 7.16. The maximum Gasteiger partial charge on any atom is 0.341 e. The third kappa shape index (κ3) is 6.34. The molecule has 6 nitrogen and oxygen atoms in total. The van der Waals surface area contributed by atoms with E-state index in [0.29, 0.717) is 22.9 Å². The number of nitrogens with one attached hydrogen (secondary N) is 1. The zero-order chi connectivity index (χ0) is 19.8. The predicted octanol–water partition coefficient (Wildman–Crippen LogP) is 4.38. The highest BCUT2D eigenvalue weighted by Crippen LogP contribution is 2.33. The van der Waals surface area contributed by atoms with Crippen LogP contribution in [0.2, 0.25) is 0 Å². The Labute approximate surface area is 164 Å². The molecular weight excluding hydrogens is 366 g/mol. The molecule has 0 spiro atoms. The molecular formula is C20H29NO5S. The molecule has 1 amide bonds. The normalized spacial score (nSPS) is 14.6. The van der Waals surface area contributed by atoms with Gasteiger partial charge in [-0.2, -0.15) is 0 Å². The van der Waals surface area contributed by atoms with Crippen molar-refractivity contribution in [2.24, 2.45) is 5.92 Å². The van der Waals surface area contributed by atoms with Crippen LogP contribution in [0.3, 0.4) is 0 Å². The fraction of sp³-hybridized carbons (Fsp3) is 0.650. The minimum Gasteiger partial charge on any atom is -0.462 e. The van der Waals surface area contributed by atoms with Crippen molar-refractivity contribution in [3.63, 3.8) is 0 Å². The van der Waals surface area contributed by atoms with Crippen LogP contribution < -0.4 is 5.32 Å². The smallest absolute Gasteiger partial charge is 0.341 e. The van der Waals surface area contributed by atoms with Gasteiger partial charge in [0.2, 0.25) is 0 Å². The second-order valence-electron chi connectivity index (χ2n) is 6.96. The average Bonchev–Trinajstić information content (AvgIpc) is 2.93. The van der Waals surface area contributed by atoms with Gasteiger partial charge in [-0.15, -0.1) is 11.3 Å². The Hall–Kier alpha value is -1.89. The molecule has 0 aliphatic heterocycles. The summed E-state index contributed by atoms with van der Waals surface area (Å²) in [4.78, 5) is 37.1. The minimum absolute atomic E-state index is 0.263. The lowest BCUT2D eigenvalue weighted by Crippen LogP contribution is -2.22.